The van der Waals surface area contributed by atoms with Gasteiger partial charge in [0.15, 0.2) is 9.84 Å². The topological polar surface area (TPSA) is 91.8 Å². The molecule has 2 aliphatic heterocycles. The van der Waals surface area contributed by atoms with E-state index in [9.17, 15) is 22.8 Å². The molecule has 0 spiro atoms. The number of nitrogens with zero attached hydrogens (tertiary/aromatic N) is 2. The molecule has 7 nitrogen and oxygen atoms in total. The van der Waals surface area contributed by atoms with Crippen LogP contribution in [-0.4, -0.2) is 67.1 Å². The molecule has 3 amide bonds. The highest BCUT2D eigenvalue weighted by Gasteiger charge is 2.35. The summed E-state index contributed by atoms with van der Waals surface area (Å²) >= 11 is 0. The number of hydrogen-bond donors (Lipinski definition) is 0. The zero-order chi connectivity index (χ0) is 18.2. The van der Waals surface area contributed by atoms with Crippen molar-refractivity contribution in [1.29, 1.82) is 0 Å². The van der Waals surface area contributed by atoms with Gasteiger partial charge in [0.25, 0.3) is 11.8 Å². The van der Waals surface area contributed by atoms with Gasteiger partial charge in [-0.25, -0.2) is 8.42 Å². The summed E-state index contributed by atoms with van der Waals surface area (Å²) < 4.78 is 23.1. The van der Waals surface area contributed by atoms with Crippen molar-refractivity contribution in [1.82, 2.24) is 9.80 Å². The van der Waals surface area contributed by atoms with E-state index in [1.54, 1.807) is 29.2 Å². The molecule has 3 rings (SSSR count). The molecule has 0 aliphatic carbocycles. The summed E-state index contributed by atoms with van der Waals surface area (Å²) in [6, 6.07) is 6.66. The van der Waals surface area contributed by atoms with Crippen LogP contribution in [0.3, 0.4) is 0 Å². The van der Waals surface area contributed by atoms with Gasteiger partial charge < -0.3 is 4.90 Å². The van der Waals surface area contributed by atoms with Gasteiger partial charge in [-0.3, -0.25) is 19.3 Å². The van der Waals surface area contributed by atoms with Gasteiger partial charge >= 0.3 is 0 Å². The molecule has 0 radical (unpaired) electrons. The summed E-state index contributed by atoms with van der Waals surface area (Å²) in [4.78, 5) is 39.4. The van der Waals surface area contributed by atoms with Crippen LogP contribution >= 0.6 is 0 Å². The normalized spacial score (nSPS) is 20.3. The van der Waals surface area contributed by atoms with Crippen LogP contribution in [0.1, 0.15) is 40.0 Å². The van der Waals surface area contributed by atoms with Crippen molar-refractivity contribution in [2.75, 3.05) is 25.9 Å². The fraction of sp³-hybridized carbons (Fsp3) is 0.471. The van der Waals surface area contributed by atoms with E-state index in [0.717, 1.165) is 0 Å². The second kappa shape index (κ2) is 6.59. The Morgan fingerprint density at radius 3 is 2.28 bits per heavy atom. The lowest BCUT2D eigenvalue weighted by molar-refractivity contribution is -0.130. The largest absolute Gasteiger partial charge is 0.341 e. The van der Waals surface area contributed by atoms with Crippen LogP contribution in [0.2, 0.25) is 0 Å². The highest BCUT2D eigenvalue weighted by molar-refractivity contribution is 7.91. The summed E-state index contributed by atoms with van der Waals surface area (Å²) in [5.41, 5.74) is 0.795. The molecule has 8 heteroatoms. The third-order valence-electron chi connectivity index (χ3n) is 4.75. The average Bonchev–Trinajstić information content (AvgIpc) is 3.15. The highest BCUT2D eigenvalue weighted by atomic mass is 32.2. The van der Waals surface area contributed by atoms with Gasteiger partial charge in [0.2, 0.25) is 5.91 Å². The lowest BCUT2D eigenvalue weighted by Gasteiger charge is -2.17. The molecular formula is C17H20N2O5S. The van der Waals surface area contributed by atoms with Crippen LogP contribution in [0.4, 0.5) is 0 Å². The first-order valence-corrected chi connectivity index (χ1v) is 10.2. The molecule has 2 aliphatic rings. The van der Waals surface area contributed by atoms with Gasteiger partial charge in [-0.2, -0.15) is 0 Å². The third kappa shape index (κ3) is 3.44. The molecule has 1 saturated heterocycles. The number of hydrogen-bond acceptors (Lipinski definition) is 5. The summed E-state index contributed by atoms with van der Waals surface area (Å²) in [5, 5.41) is -0.493. The number of carbonyl (C=O) groups is 3. The molecule has 25 heavy (non-hydrogen) atoms. The minimum absolute atomic E-state index is 0.136. The predicted molar refractivity (Wildman–Crippen MR) is 90.9 cm³/mol. The van der Waals surface area contributed by atoms with E-state index in [1.807, 2.05) is 0 Å². The van der Waals surface area contributed by atoms with Crippen molar-refractivity contribution in [2.45, 2.75) is 24.5 Å². The van der Waals surface area contributed by atoms with Crippen molar-refractivity contribution in [3.05, 3.63) is 35.4 Å². The Morgan fingerprint density at radius 1 is 1.16 bits per heavy atom. The van der Waals surface area contributed by atoms with Gasteiger partial charge in [-0.15, -0.1) is 0 Å². The van der Waals surface area contributed by atoms with Crippen LogP contribution in [0.15, 0.2) is 24.3 Å². The lowest BCUT2D eigenvalue weighted by atomic mass is 10.1. The number of carbonyl (C=O) groups excluding carboxylic acids is 3. The number of imide groups is 1. The van der Waals surface area contributed by atoms with E-state index in [2.05, 4.69) is 0 Å². The van der Waals surface area contributed by atoms with Gasteiger partial charge in [-0.05, 0) is 25.0 Å². The quantitative estimate of drug-likeness (QED) is 0.718. The maximum Gasteiger partial charge on any atom is 0.261 e. The fourth-order valence-corrected chi connectivity index (χ4v) is 4.28. The third-order valence-corrected chi connectivity index (χ3v) is 6.35. The van der Waals surface area contributed by atoms with Crippen molar-refractivity contribution in [3.8, 4) is 0 Å². The fourth-order valence-electron chi connectivity index (χ4n) is 3.29. The molecule has 1 fully saturated rings. The Balaban J connectivity index is 1.52. The van der Waals surface area contributed by atoms with E-state index in [1.165, 1.54) is 11.2 Å². The molecule has 0 saturated carbocycles. The van der Waals surface area contributed by atoms with E-state index in [0.29, 0.717) is 30.5 Å². The van der Waals surface area contributed by atoms with Crippen molar-refractivity contribution in [3.63, 3.8) is 0 Å². The van der Waals surface area contributed by atoms with Crippen LogP contribution in [0, 0.1) is 0 Å². The van der Waals surface area contributed by atoms with E-state index in [-0.39, 0.29) is 37.2 Å². The molecule has 0 N–H and O–H groups in total. The molecule has 0 bridgehead atoms. The Morgan fingerprint density at radius 2 is 1.76 bits per heavy atom. The highest BCUT2D eigenvalue weighted by Crippen LogP contribution is 2.23. The monoisotopic (exact) mass is 364 g/mol. The molecule has 1 atom stereocenters. The van der Waals surface area contributed by atoms with Gasteiger partial charge in [0.1, 0.15) is 0 Å². The molecule has 2 heterocycles. The standard InChI is InChI=1S/C17H20N2O5S/c1-25(23,24)12-8-10-18(11-12)15(20)7-4-9-19-16(21)13-5-2-3-6-14(13)17(19)22/h2-3,5-6,12H,4,7-11H2,1H3. The van der Waals surface area contributed by atoms with Gasteiger partial charge in [0.05, 0.1) is 16.4 Å². The minimum Gasteiger partial charge on any atom is -0.341 e. The summed E-state index contributed by atoms with van der Waals surface area (Å²) in [5.74, 6) is -0.791. The van der Waals surface area contributed by atoms with Crippen LogP contribution in [-0.2, 0) is 14.6 Å². The van der Waals surface area contributed by atoms with Crippen molar-refractivity contribution < 1.29 is 22.8 Å². The van der Waals surface area contributed by atoms with E-state index >= 15 is 0 Å². The van der Waals surface area contributed by atoms with E-state index < -0.39 is 15.1 Å². The van der Waals surface area contributed by atoms with Crippen LogP contribution in [0.5, 0.6) is 0 Å². The number of rotatable bonds is 5. The zero-order valence-corrected chi connectivity index (χ0v) is 14.8. The molecule has 1 unspecified atom stereocenters. The van der Waals surface area contributed by atoms with Gasteiger partial charge in [-0.1, -0.05) is 12.1 Å². The number of amides is 3. The lowest BCUT2D eigenvalue weighted by Crippen LogP contribution is -2.34. The van der Waals surface area contributed by atoms with E-state index in [4.69, 9.17) is 0 Å². The maximum atomic E-state index is 12.2. The smallest absolute Gasteiger partial charge is 0.261 e. The number of benzene rings is 1. The second-order valence-corrected chi connectivity index (χ2v) is 8.82. The first-order valence-electron chi connectivity index (χ1n) is 8.21. The molecule has 1 aromatic rings. The predicted octanol–water partition coefficient (Wildman–Crippen LogP) is 0.708. The Hall–Kier alpha value is -2.22. The van der Waals surface area contributed by atoms with Gasteiger partial charge in [0, 0.05) is 32.3 Å². The first-order chi connectivity index (χ1) is 11.8. The molecule has 134 valence electrons. The summed E-state index contributed by atoms with van der Waals surface area (Å²) in [7, 11) is -3.14. The Kier molecular flexibility index (Phi) is 4.64. The number of likely N-dealkylation sites (tertiary alicyclic amines) is 1. The molecular weight excluding hydrogens is 344 g/mol. The maximum absolute atomic E-state index is 12.2. The number of sulfone groups is 1. The van der Waals surface area contributed by atoms with Crippen LogP contribution in [0.25, 0.3) is 0 Å². The molecule has 1 aromatic carbocycles. The summed E-state index contributed by atoms with van der Waals surface area (Å²) in [6.07, 6.45) is 2.20. The Labute approximate surface area is 146 Å². The first kappa shape index (κ1) is 17.6. The number of fused-ring (bicyclic) bond motifs is 1. The second-order valence-electron chi connectivity index (χ2n) is 6.49. The van der Waals surface area contributed by atoms with Crippen molar-refractivity contribution in [2.24, 2.45) is 0 Å². The average molecular weight is 364 g/mol. The Bertz CT molecular complexity index is 798. The van der Waals surface area contributed by atoms with Crippen LogP contribution < -0.4 is 0 Å². The zero-order valence-electron chi connectivity index (χ0n) is 14.0. The minimum atomic E-state index is -3.14. The van der Waals surface area contributed by atoms with Crippen molar-refractivity contribution >= 4 is 27.6 Å². The SMILES string of the molecule is CS(=O)(=O)C1CCN(C(=O)CCCN2C(=O)c3ccccc3C2=O)C1. The molecule has 0 aromatic heterocycles. The summed E-state index contributed by atoms with van der Waals surface area (Å²) in [6.45, 7) is 0.843.